The topological polar surface area (TPSA) is 67.0 Å². The molecule has 118 valence electrons. The van der Waals surface area contributed by atoms with Crippen molar-refractivity contribution < 1.29 is 9.53 Å². The monoisotopic (exact) mass is 309 g/mol. The minimum Gasteiger partial charge on any atom is -0.494 e. The molecule has 0 unspecified atom stereocenters. The number of ether oxygens (including phenoxy) is 1. The first-order valence-electron chi connectivity index (χ1n) is 7.64. The SMILES string of the molecule is CCOc1ccc([C@@H](C)NC(=O)c2ccc3nc[nH]c3c2)cc1. The molecule has 0 bridgehead atoms. The summed E-state index contributed by atoms with van der Waals surface area (Å²) in [6, 6.07) is 13.1. The molecule has 0 aliphatic rings. The van der Waals surface area contributed by atoms with Crippen LogP contribution in [-0.4, -0.2) is 22.5 Å². The van der Waals surface area contributed by atoms with E-state index in [1.54, 1.807) is 12.4 Å². The van der Waals surface area contributed by atoms with Gasteiger partial charge in [0.2, 0.25) is 0 Å². The van der Waals surface area contributed by atoms with E-state index in [1.807, 2.05) is 50.2 Å². The third-order valence-corrected chi connectivity index (χ3v) is 3.72. The van der Waals surface area contributed by atoms with Crippen LogP contribution >= 0.6 is 0 Å². The number of hydrogen-bond donors (Lipinski definition) is 2. The molecule has 3 aromatic rings. The van der Waals surface area contributed by atoms with Gasteiger partial charge < -0.3 is 15.0 Å². The van der Waals surface area contributed by atoms with Gasteiger partial charge in [-0.1, -0.05) is 12.1 Å². The zero-order valence-electron chi connectivity index (χ0n) is 13.2. The molecule has 0 spiro atoms. The summed E-state index contributed by atoms with van der Waals surface area (Å²) in [6.45, 7) is 4.55. The van der Waals surface area contributed by atoms with E-state index in [4.69, 9.17) is 4.74 Å². The quantitative estimate of drug-likeness (QED) is 0.758. The van der Waals surface area contributed by atoms with Gasteiger partial charge in [-0.3, -0.25) is 4.79 Å². The summed E-state index contributed by atoms with van der Waals surface area (Å²) in [5.41, 5.74) is 3.34. The van der Waals surface area contributed by atoms with Crippen LogP contribution in [0.5, 0.6) is 5.75 Å². The van der Waals surface area contributed by atoms with Crippen molar-refractivity contribution in [3.63, 3.8) is 0 Å². The average Bonchev–Trinajstić information content (AvgIpc) is 3.03. The van der Waals surface area contributed by atoms with Gasteiger partial charge in [0.1, 0.15) is 5.75 Å². The van der Waals surface area contributed by atoms with Gasteiger partial charge in [0.05, 0.1) is 30.0 Å². The fraction of sp³-hybridized carbons (Fsp3) is 0.222. The number of nitrogens with one attached hydrogen (secondary N) is 2. The smallest absolute Gasteiger partial charge is 0.251 e. The first-order chi connectivity index (χ1) is 11.2. The average molecular weight is 309 g/mol. The van der Waals surface area contributed by atoms with Crippen LogP contribution in [0.3, 0.4) is 0 Å². The molecule has 2 N–H and O–H groups in total. The molecule has 5 heteroatoms. The van der Waals surface area contributed by atoms with E-state index in [0.717, 1.165) is 22.3 Å². The Kier molecular flexibility index (Phi) is 4.28. The molecule has 0 radical (unpaired) electrons. The van der Waals surface area contributed by atoms with Crippen molar-refractivity contribution >= 4 is 16.9 Å². The molecule has 1 amide bonds. The van der Waals surface area contributed by atoms with Crippen molar-refractivity contribution in [2.75, 3.05) is 6.61 Å². The van der Waals surface area contributed by atoms with Crippen molar-refractivity contribution in [3.05, 3.63) is 59.9 Å². The Morgan fingerprint density at radius 1 is 1.26 bits per heavy atom. The number of imidazole rings is 1. The van der Waals surface area contributed by atoms with Gasteiger partial charge >= 0.3 is 0 Å². The molecule has 0 aliphatic carbocycles. The summed E-state index contributed by atoms with van der Waals surface area (Å²) in [5, 5.41) is 3.01. The van der Waals surface area contributed by atoms with Crippen molar-refractivity contribution in [1.29, 1.82) is 0 Å². The van der Waals surface area contributed by atoms with Crippen LogP contribution in [0.15, 0.2) is 48.8 Å². The molecule has 0 fully saturated rings. The number of carbonyl (C=O) groups is 1. The molecule has 2 aromatic carbocycles. The van der Waals surface area contributed by atoms with Crippen molar-refractivity contribution in [1.82, 2.24) is 15.3 Å². The van der Waals surface area contributed by atoms with Gasteiger partial charge in [0, 0.05) is 5.56 Å². The lowest BCUT2D eigenvalue weighted by atomic mass is 10.1. The number of amides is 1. The first kappa shape index (κ1) is 15.1. The molecule has 1 aromatic heterocycles. The Bertz CT molecular complexity index is 809. The van der Waals surface area contributed by atoms with Crippen LogP contribution in [-0.2, 0) is 0 Å². The molecule has 0 saturated carbocycles. The largest absolute Gasteiger partial charge is 0.494 e. The molecule has 1 heterocycles. The fourth-order valence-corrected chi connectivity index (χ4v) is 2.46. The molecule has 5 nitrogen and oxygen atoms in total. The Morgan fingerprint density at radius 2 is 2.04 bits per heavy atom. The van der Waals surface area contributed by atoms with Crippen LogP contribution in [0.25, 0.3) is 11.0 Å². The third-order valence-electron chi connectivity index (χ3n) is 3.72. The molecule has 0 saturated heterocycles. The molecule has 0 aliphatic heterocycles. The second kappa shape index (κ2) is 6.52. The Labute approximate surface area is 134 Å². The molecule has 3 rings (SSSR count). The van der Waals surface area contributed by atoms with Crippen LogP contribution in [0.1, 0.15) is 35.8 Å². The van der Waals surface area contributed by atoms with Gasteiger partial charge in [-0.25, -0.2) is 4.98 Å². The predicted molar refractivity (Wildman–Crippen MR) is 89.6 cm³/mol. The van der Waals surface area contributed by atoms with E-state index in [1.165, 1.54) is 0 Å². The highest BCUT2D eigenvalue weighted by atomic mass is 16.5. The predicted octanol–water partition coefficient (Wildman–Crippen LogP) is 3.45. The lowest BCUT2D eigenvalue weighted by Crippen LogP contribution is -2.26. The minimum atomic E-state index is -0.108. The van der Waals surface area contributed by atoms with E-state index in [0.29, 0.717) is 12.2 Å². The van der Waals surface area contributed by atoms with E-state index in [2.05, 4.69) is 15.3 Å². The summed E-state index contributed by atoms with van der Waals surface area (Å²) in [4.78, 5) is 19.6. The van der Waals surface area contributed by atoms with Gasteiger partial charge in [0.15, 0.2) is 0 Å². The highest BCUT2D eigenvalue weighted by molar-refractivity contribution is 5.97. The summed E-state index contributed by atoms with van der Waals surface area (Å²) in [6.07, 6.45) is 1.62. The number of rotatable bonds is 5. The standard InChI is InChI=1S/C18H19N3O2/c1-3-23-15-7-4-13(5-8-15)12(2)21-18(22)14-6-9-16-17(10-14)20-11-19-16/h4-12H,3H2,1-2H3,(H,19,20)(H,21,22)/t12-/m1/s1. The highest BCUT2D eigenvalue weighted by Gasteiger charge is 2.12. The minimum absolute atomic E-state index is 0.0874. The Balaban J connectivity index is 1.70. The van der Waals surface area contributed by atoms with Gasteiger partial charge in [-0.2, -0.15) is 0 Å². The molecule has 23 heavy (non-hydrogen) atoms. The summed E-state index contributed by atoms with van der Waals surface area (Å²) in [5.74, 6) is 0.724. The fourth-order valence-electron chi connectivity index (χ4n) is 2.46. The number of nitrogens with zero attached hydrogens (tertiary/aromatic N) is 1. The van der Waals surface area contributed by atoms with E-state index in [-0.39, 0.29) is 11.9 Å². The third kappa shape index (κ3) is 3.34. The molecular formula is C18H19N3O2. The highest BCUT2D eigenvalue weighted by Crippen LogP contribution is 2.18. The summed E-state index contributed by atoms with van der Waals surface area (Å²) < 4.78 is 5.43. The van der Waals surface area contributed by atoms with Crippen molar-refractivity contribution in [3.8, 4) is 5.75 Å². The summed E-state index contributed by atoms with van der Waals surface area (Å²) in [7, 11) is 0. The van der Waals surface area contributed by atoms with E-state index < -0.39 is 0 Å². The van der Waals surface area contributed by atoms with Crippen LogP contribution < -0.4 is 10.1 Å². The lowest BCUT2D eigenvalue weighted by molar-refractivity contribution is 0.0940. The maximum absolute atomic E-state index is 12.4. The zero-order valence-corrected chi connectivity index (χ0v) is 13.2. The van der Waals surface area contributed by atoms with Crippen LogP contribution in [0.4, 0.5) is 0 Å². The second-order valence-electron chi connectivity index (χ2n) is 5.33. The zero-order chi connectivity index (χ0) is 16.2. The van der Waals surface area contributed by atoms with E-state index in [9.17, 15) is 4.79 Å². The molecular weight excluding hydrogens is 290 g/mol. The number of carbonyl (C=O) groups excluding carboxylic acids is 1. The normalized spacial score (nSPS) is 12.1. The Hall–Kier alpha value is -2.82. The number of fused-ring (bicyclic) bond motifs is 1. The van der Waals surface area contributed by atoms with Crippen LogP contribution in [0.2, 0.25) is 0 Å². The summed E-state index contributed by atoms with van der Waals surface area (Å²) >= 11 is 0. The lowest BCUT2D eigenvalue weighted by Gasteiger charge is -2.15. The first-order valence-corrected chi connectivity index (χ1v) is 7.64. The number of H-pyrrole nitrogens is 1. The van der Waals surface area contributed by atoms with Crippen LogP contribution in [0, 0.1) is 0 Å². The number of aromatic amines is 1. The maximum Gasteiger partial charge on any atom is 0.251 e. The maximum atomic E-state index is 12.4. The number of benzene rings is 2. The van der Waals surface area contributed by atoms with Gasteiger partial charge in [-0.05, 0) is 49.7 Å². The number of aromatic nitrogens is 2. The van der Waals surface area contributed by atoms with Crippen molar-refractivity contribution in [2.45, 2.75) is 19.9 Å². The van der Waals surface area contributed by atoms with Gasteiger partial charge in [0.25, 0.3) is 5.91 Å². The number of hydrogen-bond acceptors (Lipinski definition) is 3. The molecule has 1 atom stereocenters. The Morgan fingerprint density at radius 3 is 2.78 bits per heavy atom. The van der Waals surface area contributed by atoms with Crippen molar-refractivity contribution in [2.24, 2.45) is 0 Å². The van der Waals surface area contributed by atoms with E-state index >= 15 is 0 Å². The second-order valence-corrected chi connectivity index (χ2v) is 5.33. The van der Waals surface area contributed by atoms with Gasteiger partial charge in [-0.15, -0.1) is 0 Å².